The summed E-state index contributed by atoms with van der Waals surface area (Å²) in [6, 6.07) is 0. The summed E-state index contributed by atoms with van der Waals surface area (Å²) < 4.78 is 4.68. The van der Waals surface area contributed by atoms with Gasteiger partial charge in [-0.2, -0.15) is 0 Å². The van der Waals surface area contributed by atoms with Gasteiger partial charge in [-0.15, -0.1) is 0 Å². The fraction of sp³-hybridized carbons (Fsp3) is 0.714. The molecule has 1 rings (SSSR count). The highest BCUT2D eigenvalue weighted by Crippen LogP contribution is 2.22. The first kappa shape index (κ1) is 9.63. The molecule has 5 heteroatoms. The second-order valence-electron chi connectivity index (χ2n) is 2.71. The first-order valence-corrected chi connectivity index (χ1v) is 3.57. The lowest BCUT2D eigenvalue weighted by Crippen LogP contribution is -2.50. The van der Waals surface area contributed by atoms with Gasteiger partial charge in [-0.25, -0.2) is 0 Å². The molecule has 0 aromatic rings. The lowest BCUT2D eigenvalue weighted by atomic mass is 9.98. The van der Waals surface area contributed by atoms with E-state index in [4.69, 9.17) is 15.3 Å². The molecule has 0 bridgehead atoms. The number of rotatable bonds is 1. The van der Waals surface area contributed by atoms with Crippen LogP contribution in [0.2, 0.25) is 0 Å². The largest absolute Gasteiger partial charge is 0.394 e. The van der Waals surface area contributed by atoms with Crippen LogP contribution in [0.15, 0.2) is 12.2 Å². The average molecular weight is 176 g/mol. The van der Waals surface area contributed by atoms with E-state index in [2.05, 4.69) is 11.3 Å². The van der Waals surface area contributed by atoms with Crippen molar-refractivity contribution in [2.24, 2.45) is 0 Å². The normalized spacial score (nSPS) is 43.2. The first-order valence-electron chi connectivity index (χ1n) is 3.57. The van der Waals surface area contributed by atoms with Gasteiger partial charge in [0.2, 0.25) is 0 Å². The molecule has 5 nitrogen and oxygen atoms in total. The number of aliphatic hydroxyl groups is 4. The Labute approximate surface area is 69.5 Å². The third-order valence-electron chi connectivity index (χ3n) is 1.88. The standard InChI is InChI=1S/C7H12O5/c1-3-5(9)4(2-8)12-7(11)6(3)10/h4-11H,1-2H2. The summed E-state index contributed by atoms with van der Waals surface area (Å²) in [4.78, 5) is 0. The number of hydrogen-bond acceptors (Lipinski definition) is 5. The molecule has 4 unspecified atom stereocenters. The van der Waals surface area contributed by atoms with Gasteiger partial charge in [0, 0.05) is 0 Å². The lowest BCUT2D eigenvalue weighted by Gasteiger charge is -2.35. The molecule has 0 radical (unpaired) electrons. The molecule has 4 N–H and O–H groups in total. The van der Waals surface area contributed by atoms with Crippen LogP contribution in [0.1, 0.15) is 0 Å². The summed E-state index contributed by atoms with van der Waals surface area (Å²) in [6.45, 7) is 2.95. The zero-order chi connectivity index (χ0) is 9.30. The Kier molecular flexibility index (Phi) is 2.81. The first-order chi connectivity index (χ1) is 5.57. The quantitative estimate of drug-likeness (QED) is 0.346. The number of hydrogen-bond donors (Lipinski definition) is 4. The van der Waals surface area contributed by atoms with E-state index in [1.165, 1.54) is 0 Å². The topological polar surface area (TPSA) is 90.2 Å². The van der Waals surface area contributed by atoms with Gasteiger partial charge in [0.05, 0.1) is 6.61 Å². The molecule has 1 saturated heterocycles. The molecule has 70 valence electrons. The SMILES string of the molecule is C=C1C(O)C(O)OC(CO)C1O. The summed E-state index contributed by atoms with van der Waals surface area (Å²) in [5.41, 5.74) is 0.0628. The van der Waals surface area contributed by atoms with Gasteiger partial charge in [0.1, 0.15) is 18.3 Å². The minimum absolute atomic E-state index is 0.0628. The van der Waals surface area contributed by atoms with E-state index in [0.717, 1.165) is 0 Å². The molecule has 1 aliphatic heterocycles. The van der Waals surface area contributed by atoms with E-state index in [1.807, 2.05) is 0 Å². The van der Waals surface area contributed by atoms with Crippen molar-refractivity contribution >= 4 is 0 Å². The molecule has 0 saturated carbocycles. The number of ether oxygens (including phenoxy) is 1. The maximum absolute atomic E-state index is 9.27. The van der Waals surface area contributed by atoms with E-state index >= 15 is 0 Å². The maximum Gasteiger partial charge on any atom is 0.185 e. The summed E-state index contributed by atoms with van der Waals surface area (Å²) in [5, 5.41) is 36.1. The zero-order valence-electron chi connectivity index (χ0n) is 6.42. The molecule has 0 aromatic heterocycles. The Morgan fingerprint density at radius 2 is 1.83 bits per heavy atom. The van der Waals surface area contributed by atoms with Gasteiger partial charge in [-0.3, -0.25) is 0 Å². The molecule has 4 atom stereocenters. The average Bonchev–Trinajstić information content (AvgIpc) is 2.08. The Balaban J connectivity index is 2.70. The molecular weight excluding hydrogens is 164 g/mol. The predicted octanol–water partition coefficient (Wildman–Crippen LogP) is -2.03. The van der Waals surface area contributed by atoms with Crippen molar-refractivity contribution in [1.29, 1.82) is 0 Å². The van der Waals surface area contributed by atoms with Crippen LogP contribution in [-0.2, 0) is 4.74 Å². The second kappa shape index (κ2) is 3.51. The molecule has 12 heavy (non-hydrogen) atoms. The van der Waals surface area contributed by atoms with Gasteiger partial charge >= 0.3 is 0 Å². The van der Waals surface area contributed by atoms with Crippen LogP contribution in [-0.4, -0.2) is 51.6 Å². The van der Waals surface area contributed by atoms with Crippen LogP contribution >= 0.6 is 0 Å². The van der Waals surface area contributed by atoms with Gasteiger partial charge in [0.15, 0.2) is 6.29 Å². The monoisotopic (exact) mass is 176 g/mol. The fourth-order valence-electron chi connectivity index (χ4n) is 1.07. The third-order valence-corrected chi connectivity index (χ3v) is 1.88. The minimum Gasteiger partial charge on any atom is -0.394 e. The molecule has 1 heterocycles. The molecule has 0 aliphatic carbocycles. The van der Waals surface area contributed by atoms with E-state index in [9.17, 15) is 5.11 Å². The van der Waals surface area contributed by atoms with Crippen LogP contribution in [0.3, 0.4) is 0 Å². The van der Waals surface area contributed by atoms with Crippen LogP contribution in [0, 0.1) is 0 Å². The van der Waals surface area contributed by atoms with Crippen LogP contribution < -0.4 is 0 Å². The third kappa shape index (κ3) is 1.50. The lowest BCUT2D eigenvalue weighted by molar-refractivity contribution is -0.228. The Hall–Kier alpha value is -0.460. The van der Waals surface area contributed by atoms with E-state index in [1.54, 1.807) is 0 Å². The fourth-order valence-corrected chi connectivity index (χ4v) is 1.07. The van der Waals surface area contributed by atoms with Crippen molar-refractivity contribution in [3.8, 4) is 0 Å². The van der Waals surface area contributed by atoms with Gasteiger partial charge in [0.25, 0.3) is 0 Å². The van der Waals surface area contributed by atoms with Crippen molar-refractivity contribution in [2.45, 2.75) is 24.6 Å². The molecular formula is C7H12O5. The van der Waals surface area contributed by atoms with Crippen molar-refractivity contribution in [2.75, 3.05) is 6.61 Å². The smallest absolute Gasteiger partial charge is 0.185 e. The molecule has 0 spiro atoms. The Morgan fingerprint density at radius 1 is 1.25 bits per heavy atom. The second-order valence-corrected chi connectivity index (χ2v) is 2.71. The Bertz CT molecular complexity index is 181. The highest BCUT2D eigenvalue weighted by molar-refractivity contribution is 5.14. The van der Waals surface area contributed by atoms with Crippen LogP contribution in [0.4, 0.5) is 0 Å². The Morgan fingerprint density at radius 3 is 2.33 bits per heavy atom. The molecule has 0 amide bonds. The molecule has 1 aliphatic rings. The predicted molar refractivity (Wildman–Crippen MR) is 39.1 cm³/mol. The zero-order valence-corrected chi connectivity index (χ0v) is 6.42. The summed E-state index contributed by atoms with van der Waals surface area (Å²) in [6.07, 6.45) is -4.75. The number of aliphatic hydroxyl groups excluding tert-OH is 4. The van der Waals surface area contributed by atoms with Crippen LogP contribution in [0.5, 0.6) is 0 Å². The van der Waals surface area contributed by atoms with Crippen LogP contribution in [0.25, 0.3) is 0 Å². The highest BCUT2D eigenvalue weighted by Gasteiger charge is 2.37. The highest BCUT2D eigenvalue weighted by atomic mass is 16.6. The van der Waals surface area contributed by atoms with E-state index in [-0.39, 0.29) is 5.57 Å². The van der Waals surface area contributed by atoms with Crippen molar-refractivity contribution < 1.29 is 25.2 Å². The van der Waals surface area contributed by atoms with E-state index < -0.39 is 31.2 Å². The molecule has 1 fully saturated rings. The van der Waals surface area contributed by atoms with Gasteiger partial charge < -0.3 is 25.2 Å². The van der Waals surface area contributed by atoms with Crippen molar-refractivity contribution in [1.82, 2.24) is 0 Å². The summed E-state index contributed by atoms with van der Waals surface area (Å²) in [7, 11) is 0. The minimum atomic E-state index is -1.42. The summed E-state index contributed by atoms with van der Waals surface area (Å²) >= 11 is 0. The van der Waals surface area contributed by atoms with Crippen molar-refractivity contribution in [3.05, 3.63) is 12.2 Å². The maximum atomic E-state index is 9.27. The summed E-state index contributed by atoms with van der Waals surface area (Å²) in [5.74, 6) is 0. The van der Waals surface area contributed by atoms with E-state index in [0.29, 0.717) is 0 Å². The molecule has 0 aromatic carbocycles. The van der Waals surface area contributed by atoms with Gasteiger partial charge in [-0.1, -0.05) is 6.58 Å². The van der Waals surface area contributed by atoms with Crippen molar-refractivity contribution in [3.63, 3.8) is 0 Å². The van der Waals surface area contributed by atoms with Gasteiger partial charge in [-0.05, 0) is 5.57 Å².